The topological polar surface area (TPSA) is 58.6 Å². The number of nitrogens with zero attached hydrogens (tertiary/aromatic N) is 1. The molecule has 1 saturated carbocycles. The molecule has 1 heterocycles. The van der Waals surface area contributed by atoms with Crippen LogP contribution in [0.3, 0.4) is 0 Å². The van der Waals surface area contributed by atoms with Crippen LogP contribution in [0, 0.1) is 5.92 Å². The minimum Gasteiger partial charge on any atom is -0.497 e. The molecule has 1 aliphatic heterocycles. The zero-order valence-electron chi connectivity index (χ0n) is 12.2. The van der Waals surface area contributed by atoms with Crippen LogP contribution in [0.4, 0.5) is 0 Å². The summed E-state index contributed by atoms with van der Waals surface area (Å²) in [5.74, 6) is 0.652. The van der Waals surface area contributed by atoms with E-state index in [4.69, 9.17) is 4.74 Å². The normalized spacial score (nSPS) is 21.5. The van der Waals surface area contributed by atoms with E-state index < -0.39 is 0 Å². The van der Waals surface area contributed by atoms with Crippen molar-refractivity contribution >= 4 is 11.8 Å². The van der Waals surface area contributed by atoms with Gasteiger partial charge in [-0.25, -0.2) is 0 Å². The fourth-order valence-electron chi connectivity index (χ4n) is 2.64. The summed E-state index contributed by atoms with van der Waals surface area (Å²) in [6.45, 7) is 1.04. The Labute approximate surface area is 124 Å². The number of ether oxygens (including phenoxy) is 1. The molecule has 2 aliphatic rings. The highest BCUT2D eigenvalue weighted by Gasteiger charge is 2.36. The van der Waals surface area contributed by atoms with Crippen molar-refractivity contribution in [2.75, 3.05) is 13.7 Å². The molecule has 112 valence electrons. The molecule has 0 spiro atoms. The van der Waals surface area contributed by atoms with Crippen molar-refractivity contribution in [1.29, 1.82) is 0 Å². The van der Waals surface area contributed by atoms with Crippen LogP contribution in [0.1, 0.15) is 24.8 Å². The van der Waals surface area contributed by atoms with Crippen LogP contribution in [-0.4, -0.2) is 36.4 Å². The second-order valence-corrected chi connectivity index (χ2v) is 5.81. The van der Waals surface area contributed by atoms with E-state index >= 15 is 0 Å². The summed E-state index contributed by atoms with van der Waals surface area (Å²) in [6.07, 6.45) is 2.46. The van der Waals surface area contributed by atoms with Crippen LogP contribution < -0.4 is 10.1 Å². The molecular weight excluding hydrogens is 268 g/mol. The zero-order chi connectivity index (χ0) is 14.8. The number of rotatable bonds is 5. The predicted octanol–water partition coefficient (Wildman–Crippen LogP) is 1.32. The number of benzene rings is 1. The summed E-state index contributed by atoms with van der Waals surface area (Å²) in [7, 11) is 1.62. The average Bonchev–Trinajstić information content (AvgIpc) is 3.22. The smallest absolute Gasteiger partial charge is 0.225 e. The van der Waals surface area contributed by atoms with E-state index in [-0.39, 0.29) is 17.7 Å². The molecule has 0 unspecified atom stereocenters. The third kappa shape index (κ3) is 3.35. The number of carbonyl (C=O) groups is 2. The van der Waals surface area contributed by atoms with Gasteiger partial charge in [0.05, 0.1) is 13.0 Å². The highest BCUT2D eigenvalue weighted by atomic mass is 16.5. The Bertz CT molecular complexity index is 554. The van der Waals surface area contributed by atoms with E-state index in [0.29, 0.717) is 25.6 Å². The quantitative estimate of drug-likeness (QED) is 0.889. The summed E-state index contributed by atoms with van der Waals surface area (Å²) in [4.78, 5) is 25.8. The van der Waals surface area contributed by atoms with Gasteiger partial charge in [-0.1, -0.05) is 12.1 Å². The number of nitrogens with one attached hydrogen (secondary N) is 1. The van der Waals surface area contributed by atoms with E-state index in [1.54, 1.807) is 12.0 Å². The molecule has 1 aromatic rings. The van der Waals surface area contributed by atoms with Crippen LogP contribution in [0.15, 0.2) is 24.3 Å². The van der Waals surface area contributed by atoms with Crippen LogP contribution in [0.2, 0.25) is 0 Å². The van der Waals surface area contributed by atoms with Gasteiger partial charge in [0.1, 0.15) is 5.75 Å². The number of amides is 2. The Balaban J connectivity index is 1.60. The molecule has 0 radical (unpaired) electrons. The van der Waals surface area contributed by atoms with Crippen molar-refractivity contribution in [3.8, 4) is 5.75 Å². The van der Waals surface area contributed by atoms with Gasteiger partial charge in [0, 0.05) is 25.6 Å². The largest absolute Gasteiger partial charge is 0.497 e. The van der Waals surface area contributed by atoms with Gasteiger partial charge in [-0.3, -0.25) is 9.59 Å². The van der Waals surface area contributed by atoms with E-state index in [2.05, 4.69) is 5.32 Å². The van der Waals surface area contributed by atoms with Gasteiger partial charge in [-0.2, -0.15) is 0 Å². The Morgan fingerprint density at radius 2 is 2.24 bits per heavy atom. The summed E-state index contributed by atoms with van der Waals surface area (Å²) in [5.41, 5.74) is 1.02. The van der Waals surface area contributed by atoms with Crippen LogP contribution in [-0.2, 0) is 16.1 Å². The summed E-state index contributed by atoms with van der Waals surface area (Å²) >= 11 is 0. The maximum absolute atomic E-state index is 12.1. The van der Waals surface area contributed by atoms with Crippen molar-refractivity contribution in [2.45, 2.75) is 31.8 Å². The van der Waals surface area contributed by atoms with Gasteiger partial charge in [0.15, 0.2) is 0 Å². The standard InChI is InChI=1S/C16H20N2O3/c1-21-14-4-2-3-11(7-14)9-18-10-12(8-15(18)19)16(20)17-13-5-6-13/h2-4,7,12-13H,5-6,8-10H2,1H3,(H,17,20)/t12-/m0/s1. The van der Waals surface area contributed by atoms with E-state index in [1.807, 2.05) is 24.3 Å². The minimum atomic E-state index is -0.205. The molecule has 2 fully saturated rings. The monoisotopic (exact) mass is 288 g/mol. The predicted molar refractivity (Wildman–Crippen MR) is 77.7 cm³/mol. The second-order valence-electron chi connectivity index (χ2n) is 5.81. The molecule has 1 N–H and O–H groups in total. The highest BCUT2D eigenvalue weighted by molar-refractivity contribution is 5.89. The molecule has 1 atom stereocenters. The molecule has 5 heteroatoms. The van der Waals surface area contributed by atoms with Crippen molar-refractivity contribution in [3.63, 3.8) is 0 Å². The first-order valence-corrected chi connectivity index (χ1v) is 7.37. The van der Waals surface area contributed by atoms with E-state index in [9.17, 15) is 9.59 Å². The number of methoxy groups -OCH3 is 1. The number of likely N-dealkylation sites (tertiary alicyclic amines) is 1. The molecule has 3 rings (SSSR count). The van der Waals surface area contributed by atoms with Crippen molar-refractivity contribution in [1.82, 2.24) is 10.2 Å². The third-order valence-electron chi connectivity index (χ3n) is 4.02. The lowest BCUT2D eigenvalue weighted by molar-refractivity contribution is -0.129. The maximum Gasteiger partial charge on any atom is 0.225 e. The van der Waals surface area contributed by atoms with Gasteiger partial charge >= 0.3 is 0 Å². The van der Waals surface area contributed by atoms with Gasteiger partial charge in [0.2, 0.25) is 11.8 Å². The first-order valence-electron chi connectivity index (χ1n) is 7.37. The number of hydrogen-bond acceptors (Lipinski definition) is 3. The molecule has 1 saturated heterocycles. The third-order valence-corrected chi connectivity index (χ3v) is 4.02. The van der Waals surface area contributed by atoms with Crippen molar-refractivity contribution < 1.29 is 14.3 Å². The molecule has 0 aromatic heterocycles. The summed E-state index contributed by atoms with van der Waals surface area (Å²) in [5, 5.41) is 2.98. The Kier molecular flexibility index (Phi) is 3.82. The Morgan fingerprint density at radius 3 is 2.95 bits per heavy atom. The first-order chi connectivity index (χ1) is 10.2. The second kappa shape index (κ2) is 5.76. The minimum absolute atomic E-state index is 0.0268. The first kappa shape index (κ1) is 13.9. The van der Waals surface area contributed by atoms with E-state index in [1.165, 1.54) is 0 Å². The molecule has 1 aromatic carbocycles. The Hall–Kier alpha value is -2.04. The lowest BCUT2D eigenvalue weighted by atomic mass is 10.1. The van der Waals surface area contributed by atoms with Crippen LogP contribution >= 0.6 is 0 Å². The molecule has 21 heavy (non-hydrogen) atoms. The SMILES string of the molecule is COc1cccc(CN2C[C@@H](C(=O)NC3CC3)CC2=O)c1. The molecule has 0 bridgehead atoms. The van der Waals surface area contributed by atoms with Gasteiger partial charge in [-0.15, -0.1) is 0 Å². The Morgan fingerprint density at radius 1 is 1.43 bits per heavy atom. The lowest BCUT2D eigenvalue weighted by Crippen LogP contribution is -2.34. The van der Waals surface area contributed by atoms with Crippen molar-refractivity contribution in [3.05, 3.63) is 29.8 Å². The molecule has 1 aliphatic carbocycles. The van der Waals surface area contributed by atoms with Crippen molar-refractivity contribution in [2.24, 2.45) is 5.92 Å². The fraction of sp³-hybridized carbons (Fsp3) is 0.500. The van der Waals surface area contributed by atoms with Crippen LogP contribution in [0.5, 0.6) is 5.75 Å². The summed E-state index contributed by atoms with van der Waals surface area (Å²) in [6, 6.07) is 8.02. The van der Waals surface area contributed by atoms with Gasteiger partial charge in [-0.05, 0) is 30.5 Å². The fourth-order valence-corrected chi connectivity index (χ4v) is 2.64. The zero-order valence-corrected chi connectivity index (χ0v) is 12.2. The molecule has 2 amide bonds. The molecule has 5 nitrogen and oxygen atoms in total. The summed E-state index contributed by atoms with van der Waals surface area (Å²) < 4.78 is 5.19. The van der Waals surface area contributed by atoms with Crippen LogP contribution in [0.25, 0.3) is 0 Å². The average molecular weight is 288 g/mol. The lowest BCUT2D eigenvalue weighted by Gasteiger charge is -2.17. The highest BCUT2D eigenvalue weighted by Crippen LogP contribution is 2.24. The maximum atomic E-state index is 12.1. The van der Waals surface area contributed by atoms with Gasteiger partial charge < -0.3 is 15.0 Å². The number of hydrogen-bond donors (Lipinski definition) is 1. The number of carbonyl (C=O) groups excluding carboxylic acids is 2. The van der Waals surface area contributed by atoms with E-state index in [0.717, 1.165) is 24.2 Å². The van der Waals surface area contributed by atoms with Gasteiger partial charge in [0.25, 0.3) is 0 Å². The molecular formula is C16H20N2O3.